The Balaban J connectivity index is 1.39. The maximum absolute atomic E-state index is 12.8. The van der Waals surface area contributed by atoms with Crippen LogP contribution in [0.15, 0.2) is 83.2 Å². The van der Waals surface area contributed by atoms with E-state index in [4.69, 9.17) is 10.00 Å². The van der Waals surface area contributed by atoms with Crippen LogP contribution >= 0.6 is 23.1 Å². The van der Waals surface area contributed by atoms with Crippen molar-refractivity contribution in [1.29, 1.82) is 5.26 Å². The summed E-state index contributed by atoms with van der Waals surface area (Å²) in [6.07, 6.45) is 0. The SMILES string of the molecule is N#Cc1ccc(CSc2nnc(NC(=O)c3ccccc3Oc3ccccc3)s2)cc1. The number of carbonyl (C=O) groups excluding carboxylic acids is 1. The van der Waals surface area contributed by atoms with E-state index in [0.29, 0.717) is 33.5 Å². The number of hydrogen-bond acceptors (Lipinski definition) is 7. The molecule has 152 valence electrons. The van der Waals surface area contributed by atoms with Crippen molar-refractivity contribution in [2.24, 2.45) is 0 Å². The van der Waals surface area contributed by atoms with Crippen LogP contribution in [0.3, 0.4) is 0 Å². The topological polar surface area (TPSA) is 87.9 Å². The van der Waals surface area contributed by atoms with E-state index in [1.165, 1.54) is 23.1 Å². The fourth-order valence-electron chi connectivity index (χ4n) is 2.66. The van der Waals surface area contributed by atoms with Crippen LogP contribution in [0.4, 0.5) is 5.13 Å². The van der Waals surface area contributed by atoms with Crippen LogP contribution in [-0.2, 0) is 5.75 Å². The lowest BCUT2D eigenvalue weighted by molar-refractivity contribution is 0.102. The molecule has 0 spiro atoms. The van der Waals surface area contributed by atoms with E-state index < -0.39 is 0 Å². The van der Waals surface area contributed by atoms with Gasteiger partial charge in [0.15, 0.2) is 4.34 Å². The normalized spacial score (nSPS) is 10.3. The molecule has 0 aliphatic heterocycles. The van der Waals surface area contributed by atoms with Crippen molar-refractivity contribution >= 4 is 34.1 Å². The zero-order valence-corrected chi connectivity index (χ0v) is 17.8. The van der Waals surface area contributed by atoms with Crippen LogP contribution in [0.25, 0.3) is 0 Å². The second-order valence-corrected chi connectivity index (χ2v) is 8.54. The van der Waals surface area contributed by atoms with Crippen molar-refractivity contribution in [2.75, 3.05) is 5.32 Å². The van der Waals surface area contributed by atoms with Gasteiger partial charge < -0.3 is 4.74 Å². The Hall–Kier alpha value is -3.67. The monoisotopic (exact) mass is 444 g/mol. The molecule has 0 unspecified atom stereocenters. The number of hydrogen-bond donors (Lipinski definition) is 1. The second-order valence-electron chi connectivity index (χ2n) is 6.34. The third-order valence-corrected chi connectivity index (χ3v) is 6.22. The Kier molecular flexibility index (Phi) is 6.57. The number of aromatic nitrogens is 2. The minimum absolute atomic E-state index is 0.314. The minimum Gasteiger partial charge on any atom is -0.457 e. The molecule has 0 saturated heterocycles. The summed E-state index contributed by atoms with van der Waals surface area (Å²) in [5, 5.41) is 20.3. The van der Waals surface area contributed by atoms with E-state index in [1.807, 2.05) is 48.5 Å². The first-order valence-corrected chi connectivity index (χ1v) is 11.1. The number of para-hydroxylation sites is 2. The van der Waals surface area contributed by atoms with Gasteiger partial charge in [0.1, 0.15) is 11.5 Å². The molecule has 0 saturated carbocycles. The fraction of sp³-hybridized carbons (Fsp3) is 0.0435. The van der Waals surface area contributed by atoms with Crippen LogP contribution in [0.5, 0.6) is 11.5 Å². The molecule has 0 aliphatic carbocycles. The van der Waals surface area contributed by atoms with E-state index >= 15 is 0 Å². The molecule has 1 heterocycles. The highest BCUT2D eigenvalue weighted by molar-refractivity contribution is 8.00. The lowest BCUT2D eigenvalue weighted by Crippen LogP contribution is -2.12. The van der Waals surface area contributed by atoms with Crippen LogP contribution < -0.4 is 10.1 Å². The van der Waals surface area contributed by atoms with E-state index in [2.05, 4.69) is 21.6 Å². The Morgan fingerprint density at radius 3 is 2.52 bits per heavy atom. The Bertz CT molecular complexity index is 1220. The number of nitriles is 1. The van der Waals surface area contributed by atoms with Gasteiger partial charge in [-0.2, -0.15) is 5.26 Å². The summed E-state index contributed by atoms with van der Waals surface area (Å²) in [6.45, 7) is 0. The highest BCUT2D eigenvalue weighted by Gasteiger charge is 2.15. The predicted molar refractivity (Wildman–Crippen MR) is 122 cm³/mol. The Morgan fingerprint density at radius 1 is 1.00 bits per heavy atom. The van der Waals surface area contributed by atoms with Crippen LogP contribution in [-0.4, -0.2) is 16.1 Å². The van der Waals surface area contributed by atoms with Gasteiger partial charge in [-0.3, -0.25) is 10.1 Å². The van der Waals surface area contributed by atoms with Gasteiger partial charge in [-0.1, -0.05) is 65.6 Å². The average molecular weight is 445 g/mol. The standard InChI is InChI=1S/C23H16N4O2S2/c24-14-16-10-12-17(13-11-16)15-30-23-27-26-22(31-23)25-21(28)19-8-4-5-9-20(19)29-18-6-2-1-3-7-18/h1-13H,15H2,(H,25,26,28). The number of nitrogens with zero attached hydrogens (tertiary/aromatic N) is 3. The van der Waals surface area contributed by atoms with Crippen molar-refractivity contribution in [3.05, 3.63) is 95.6 Å². The molecule has 0 atom stereocenters. The number of nitrogens with one attached hydrogen (secondary N) is 1. The van der Waals surface area contributed by atoms with Gasteiger partial charge in [0.25, 0.3) is 5.91 Å². The number of carbonyl (C=O) groups is 1. The summed E-state index contributed by atoms with van der Waals surface area (Å²) in [7, 11) is 0. The lowest BCUT2D eigenvalue weighted by Gasteiger charge is -2.10. The molecule has 0 aliphatic rings. The first-order valence-electron chi connectivity index (χ1n) is 9.30. The summed E-state index contributed by atoms with van der Waals surface area (Å²) in [6, 6.07) is 25.9. The maximum atomic E-state index is 12.8. The molecule has 6 nitrogen and oxygen atoms in total. The Morgan fingerprint density at radius 2 is 1.74 bits per heavy atom. The number of amides is 1. The summed E-state index contributed by atoms with van der Waals surface area (Å²) in [5.41, 5.74) is 2.12. The summed E-state index contributed by atoms with van der Waals surface area (Å²) < 4.78 is 6.60. The van der Waals surface area contributed by atoms with Crippen molar-refractivity contribution < 1.29 is 9.53 Å². The minimum atomic E-state index is -0.314. The molecular weight excluding hydrogens is 428 g/mol. The summed E-state index contributed by atoms with van der Waals surface area (Å²) in [5.74, 6) is 1.50. The van der Waals surface area contributed by atoms with Gasteiger partial charge in [-0.05, 0) is 42.0 Å². The molecule has 1 N–H and O–H groups in total. The first kappa shape index (κ1) is 20.6. The summed E-state index contributed by atoms with van der Waals surface area (Å²) >= 11 is 2.83. The van der Waals surface area contributed by atoms with Crippen LogP contribution in [0, 0.1) is 11.3 Å². The molecule has 4 rings (SSSR count). The zero-order valence-electron chi connectivity index (χ0n) is 16.2. The van der Waals surface area contributed by atoms with E-state index in [9.17, 15) is 4.79 Å². The van der Waals surface area contributed by atoms with E-state index in [0.717, 1.165) is 9.90 Å². The lowest BCUT2D eigenvalue weighted by atomic mass is 10.2. The third kappa shape index (κ3) is 5.48. The number of anilines is 1. The number of ether oxygens (including phenoxy) is 1. The molecule has 31 heavy (non-hydrogen) atoms. The largest absolute Gasteiger partial charge is 0.457 e. The van der Waals surface area contributed by atoms with E-state index in [1.54, 1.807) is 30.3 Å². The molecule has 1 aromatic heterocycles. The number of thioether (sulfide) groups is 1. The molecule has 1 amide bonds. The van der Waals surface area contributed by atoms with Crippen molar-refractivity contribution in [3.8, 4) is 17.6 Å². The van der Waals surface area contributed by atoms with Gasteiger partial charge in [0, 0.05) is 5.75 Å². The second kappa shape index (κ2) is 9.89. The molecule has 0 fully saturated rings. The van der Waals surface area contributed by atoms with Crippen molar-refractivity contribution in [3.63, 3.8) is 0 Å². The van der Waals surface area contributed by atoms with Crippen LogP contribution in [0.2, 0.25) is 0 Å². The first-order chi connectivity index (χ1) is 15.2. The van der Waals surface area contributed by atoms with Gasteiger partial charge >= 0.3 is 0 Å². The van der Waals surface area contributed by atoms with Gasteiger partial charge in [0.2, 0.25) is 5.13 Å². The molecular formula is C23H16N4O2S2. The van der Waals surface area contributed by atoms with Gasteiger partial charge in [0.05, 0.1) is 17.2 Å². The van der Waals surface area contributed by atoms with Gasteiger partial charge in [-0.15, -0.1) is 10.2 Å². The van der Waals surface area contributed by atoms with Crippen LogP contribution in [0.1, 0.15) is 21.5 Å². The fourth-order valence-corrected chi connectivity index (χ4v) is 4.37. The Labute approximate surface area is 187 Å². The van der Waals surface area contributed by atoms with Crippen molar-refractivity contribution in [1.82, 2.24) is 10.2 Å². The van der Waals surface area contributed by atoms with Crippen molar-refractivity contribution in [2.45, 2.75) is 10.1 Å². The number of benzene rings is 3. The highest BCUT2D eigenvalue weighted by Crippen LogP contribution is 2.30. The predicted octanol–water partition coefficient (Wildman–Crippen LogP) is 5.75. The zero-order chi connectivity index (χ0) is 21.5. The smallest absolute Gasteiger partial charge is 0.261 e. The number of rotatable bonds is 7. The highest BCUT2D eigenvalue weighted by atomic mass is 32.2. The molecule has 0 bridgehead atoms. The third-order valence-electron chi connectivity index (χ3n) is 4.17. The molecule has 8 heteroatoms. The van der Waals surface area contributed by atoms with E-state index in [-0.39, 0.29) is 5.91 Å². The quantitative estimate of drug-likeness (QED) is 0.289. The molecule has 4 aromatic rings. The average Bonchev–Trinajstić information content (AvgIpc) is 3.26. The summed E-state index contributed by atoms with van der Waals surface area (Å²) in [4.78, 5) is 12.8. The molecule has 3 aromatic carbocycles. The molecule has 0 radical (unpaired) electrons. The van der Waals surface area contributed by atoms with Gasteiger partial charge in [-0.25, -0.2) is 0 Å². The maximum Gasteiger partial charge on any atom is 0.261 e.